The summed E-state index contributed by atoms with van der Waals surface area (Å²) in [6.45, 7) is 3.24. The maximum atomic E-state index is 13.1. The first-order valence-corrected chi connectivity index (χ1v) is 8.49. The molecule has 25 heavy (non-hydrogen) atoms. The van der Waals surface area contributed by atoms with E-state index in [0.717, 1.165) is 5.69 Å². The summed E-state index contributed by atoms with van der Waals surface area (Å²) in [7, 11) is 1.66. The SMILES string of the molecule is COCCN[C@@H](C)c1nc2ccccc2c(=O)n1-c1ccc(Cl)cc1. The van der Waals surface area contributed by atoms with Gasteiger partial charge in [0.1, 0.15) is 5.82 Å². The predicted molar refractivity (Wildman–Crippen MR) is 101 cm³/mol. The van der Waals surface area contributed by atoms with E-state index in [-0.39, 0.29) is 11.6 Å². The van der Waals surface area contributed by atoms with E-state index in [4.69, 9.17) is 21.3 Å². The third-order valence-corrected chi connectivity index (χ3v) is 4.28. The molecule has 0 aliphatic carbocycles. The summed E-state index contributed by atoms with van der Waals surface area (Å²) < 4.78 is 6.73. The average Bonchev–Trinajstić information content (AvgIpc) is 2.63. The second-order valence-electron chi connectivity index (χ2n) is 5.77. The summed E-state index contributed by atoms with van der Waals surface area (Å²) in [6, 6.07) is 14.4. The van der Waals surface area contributed by atoms with Crippen molar-refractivity contribution in [3.63, 3.8) is 0 Å². The number of nitrogens with zero attached hydrogens (tertiary/aromatic N) is 2. The van der Waals surface area contributed by atoms with Crippen molar-refractivity contribution in [3.8, 4) is 5.69 Å². The van der Waals surface area contributed by atoms with Gasteiger partial charge in [-0.2, -0.15) is 0 Å². The van der Waals surface area contributed by atoms with Crippen LogP contribution in [0, 0.1) is 0 Å². The number of hydrogen-bond donors (Lipinski definition) is 1. The molecule has 0 saturated carbocycles. The Hall–Kier alpha value is -2.21. The van der Waals surface area contributed by atoms with Gasteiger partial charge in [0.05, 0.1) is 29.2 Å². The van der Waals surface area contributed by atoms with Gasteiger partial charge in [0.15, 0.2) is 0 Å². The van der Waals surface area contributed by atoms with E-state index >= 15 is 0 Å². The second kappa shape index (κ2) is 7.78. The Kier molecular flexibility index (Phi) is 5.48. The van der Waals surface area contributed by atoms with Crippen LogP contribution < -0.4 is 10.9 Å². The molecule has 1 atom stereocenters. The molecule has 0 spiro atoms. The molecule has 0 aliphatic heterocycles. The van der Waals surface area contributed by atoms with Crippen molar-refractivity contribution in [2.24, 2.45) is 0 Å². The van der Waals surface area contributed by atoms with Gasteiger partial charge in [0, 0.05) is 18.7 Å². The Morgan fingerprint density at radius 1 is 1.20 bits per heavy atom. The van der Waals surface area contributed by atoms with Crippen molar-refractivity contribution in [2.75, 3.05) is 20.3 Å². The van der Waals surface area contributed by atoms with Crippen LogP contribution in [0.25, 0.3) is 16.6 Å². The molecule has 0 amide bonds. The first kappa shape index (κ1) is 17.6. The minimum Gasteiger partial charge on any atom is -0.383 e. The molecule has 0 fully saturated rings. The molecule has 0 unspecified atom stereocenters. The molecule has 1 heterocycles. The number of halogens is 1. The lowest BCUT2D eigenvalue weighted by Gasteiger charge is -2.19. The Balaban J connectivity index is 2.17. The maximum Gasteiger partial charge on any atom is 0.266 e. The molecule has 6 heteroatoms. The first-order valence-electron chi connectivity index (χ1n) is 8.12. The van der Waals surface area contributed by atoms with Crippen LogP contribution in [-0.2, 0) is 4.74 Å². The van der Waals surface area contributed by atoms with Crippen molar-refractivity contribution >= 4 is 22.5 Å². The van der Waals surface area contributed by atoms with E-state index in [1.54, 1.807) is 29.9 Å². The molecule has 3 aromatic rings. The molecule has 5 nitrogen and oxygen atoms in total. The highest BCUT2D eigenvalue weighted by Gasteiger charge is 2.17. The minimum atomic E-state index is -0.122. The third kappa shape index (κ3) is 3.74. The van der Waals surface area contributed by atoms with E-state index in [0.29, 0.717) is 34.9 Å². The quantitative estimate of drug-likeness (QED) is 0.687. The van der Waals surface area contributed by atoms with Crippen LogP contribution in [0.5, 0.6) is 0 Å². The van der Waals surface area contributed by atoms with Gasteiger partial charge in [0.25, 0.3) is 5.56 Å². The monoisotopic (exact) mass is 357 g/mol. The van der Waals surface area contributed by atoms with Crippen LogP contribution in [0.1, 0.15) is 18.8 Å². The smallest absolute Gasteiger partial charge is 0.266 e. The van der Waals surface area contributed by atoms with E-state index in [1.165, 1.54) is 0 Å². The number of benzene rings is 2. The van der Waals surface area contributed by atoms with Crippen LogP contribution in [0.15, 0.2) is 53.3 Å². The van der Waals surface area contributed by atoms with Gasteiger partial charge in [-0.1, -0.05) is 23.7 Å². The fraction of sp³-hybridized carbons (Fsp3) is 0.263. The predicted octanol–water partition coefficient (Wildman–Crippen LogP) is 3.34. The van der Waals surface area contributed by atoms with Gasteiger partial charge in [-0.3, -0.25) is 9.36 Å². The molecular formula is C19H20ClN3O2. The normalized spacial score (nSPS) is 12.4. The van der Waals surface area contributed by atoms with E-state index in [1.807, 2.05) is 37.3 Å². The summed E-state index contributed by atoms with van der Waals surface area (Å²) >= 11 is 5.99. The molecular weight excluding hydrogens is 338 g/mol. The minimum absolute atomic E-state index is 0.0942. The van der Waals surface area contributed by atoms with Gasteiger partial charge in [-0.15, -0.1) is 0 Å². The fourth-order valence-electron chi connectivity index (χ4n) is 2.75. The van der Waals surface area contributed by atoms with Crippen LogP contribution >= 0.6 is 11.6 Å². The number of methoxy groups -OCH3 is 1. The number of fused-ring (bicyclic) bond motifs is 1. The van der Waals surface area contributed by atoms with Gasteiger partial charge in [-0.25, -0.2) is 4.98 Å². The molecule has 1 N–H and O–H groups in total. The fourth-order valence-corrected chi connectivity index (χ4v) is 2.87. The first-order chi connectivity index (χ1) is 12.1. The van der Waals surface area contributed by atoms with Gasteiger partial charge in [-0.05, 0) is 43.3 Å². The highest BCUT2D eigenvalue weighted by molar-refractivity contribution is 6.30. The number of ether oxygens (including phenoxy) is 1. The van der Waals surface area contributed by atoms with Crippen molar-refractivity contribution in [3.05, 3.63) is 69.7 Å². The standard InChI is InChI=1S/C19H20ClN3O2/c1-13(21-11-12-25-2)18-22-17-6-4-3-5-16(17)19(24)23(18)15-9-7-14(20)8-10-15/h3-10,13,21H,11-12H2,1-2H3/t13-/m0/s1. The van der Waals surface area contributed by atoms with Gasteiger partial charge in [0.2, 0.25) is 0 Å². The lowest BCUT2D eigenvalue weighted by Crippen LogP contribution is -2.31. The number of aromatic nitrogens is 2. The molecule has 2 aromatic carbocycles. The van der Waals surface area contributed by atoms with Crippen molar-refractivity contribution < 1.29 is 4.74 Å². The Morgan fingerprint density at radius 3 is 2.64 bits per heavy atom. The molecule has 130 valence electrons. The number of rotatable bonds is 6. The average molecular weight is 358 g/mol. The Bertz CT molecular complexity index is 922. The molecule has 0 saturated heterocycles. The number of nitrogens with one attached hydrogen (secondary N) is 1. The Labute approximate surface area is 151 Å². The summed E-state index contributed by atoms with van der Waals surface area (Å²) in [4.78, 5) is 17.8. The van der Waals surface area contributed by atoms with Gasteiger partial charge < -0.3 is 10.1 Å². The zero-order valence-corrected chi connectivity index (χ0v) is 15.0. The highest BCUT2D eigenvalue weighted by Crippen LogP contribution is 2.19. The third-order valence-electron chi connectivity index (χ3n) is 4.03. The molecule has 0 radical (unpaired) electrons. The number of hydrogen-bond acceptors (Lipinski definition) is 4. The van der Waals surface area contributed by atoms with Crippen LogP contribution in [-0.4, -0.2) is 29.8 Å². The van der Waals surface area contributed by atoms with Gasteiger partial charge >= 0.3 is 0 Å². The second-order valence-corrected chi connectivity index (χ2v) is 6.21. The maximum absolute atomic E-state index is 13.1. The topological polar surface area (TPSA) is 56.1 Å². The summed E-state index contributed by atoms with van der Waals surface area (Å²) in [5, 5.41) is 4.55. The largest absolute Gasteiger partial charge is 0.383 e. The number of para-hydroxylation sites is 1. The summed E-state index contributed by atoms with van der Waals surface area (Å²) in [5.41, 5.74) is 1.33. The molecule has 0 aliphatic rings. The van der Waals surface area contributed by atoms with Crippen molar-refractivity contribution in [1.82, 2.24) is 14.9 Å². The summed E-state index contributed by atoms with van der Waals surface area (Å²) in [5.74, 6) is 0.655. The zero-order chi connectivity index (χ0) is 17.8. The molecule has 1 aromatic heterocycles. The van der Waals surface area contributed by atoms with Crippen LogP contribution in [0.2, 0.25) is 5.02 Å². The highest BCUT2D eigenvalue weighted by atomic mass is 35.5. The molecule has 0 bridgehead atoms. The van der Waals surface area contributed by atoms with E-state index in [9.17, 15) is 4.79 Å². The zero-order valence-electron chi connectivity index (χ0n) is 14.2. The van der Waals surface area contributed by atoms with Crippen molar-refractivity contribution in [1.29, 1.82) is 0 Å². The van der Waals surface area contributed by atoms with E-state index in [2.05, 4.69) is 5.32 Å². The molecule has 3 rings (SSSR count). The summed E-state index contributed by atoms with van der Waals surface area (Å²) in [6.07, 6.45) is 0. The van der Waals surface area contributed by atoms with Crippen LogP contribution in [0.4, 0.5) is 0 Å². The van der Waals surface area contributed by atoms with Crippen LogP contribution in [0.3, 0.4) is 0 Å². The lowest BCUT2D eigenvalue weighted by atomic mass is 10.2. The van der Waals surface area contributed by atoms with Crippen molar-refractivity contribution in [2.45, 2.75) is 13.0 Å². The Morgan fingerprint density at radius 2 is 1.92 bits per heavy atom. The van der Waals surface area contributed by atoms with E-state index < -0.39 is 0 Å². The lowest BCUT2D eigenvalue weighted by molar-refractivity contribution is 0.196.